The lowest BCUT2D eigenvalue weighted by atomic mass is 9.95. The van der Waals surface area contributed by atoms with Crippen molar-refractivity contribution in [3.63, 3.8) is 0 Å². The standard InChI is InChI=1S/C37H23N3O/c1-3-12-24(13-4-1)26-17-9-19-28-27(26)18-10-20-29(28)36-38-35(25-14-5-2-6-15-25)39-37(40-36)31-21-11-23-33-34(31)30-16-7-8-22-32(30)41-33/h1-23H/i1D,3D,4D,7D,8D,11D,12D,13D,16D,21D,22D,23D. The van der Waals surface area contributed by atoms with Gasteiger partial charge in [-0.05, 0) is 34.0 Å². The minimum Gasteiger partial charge on any atom is -0.456 e. The Morgan fingerprint density at radius 2 is 1.10 bits per heavy atom. The number of fused-ring (bicyclic) bond motifs is 4. The fraction of sp³-hybridized carbons (Fsp3) is 0. The van der Waals surface area contributed by atoms with Crippen LogP contribution in [0.1, 0.15) is 16.4 Å². The lowest BCUT2D eigenvalue weighted by Crippen LogP contribution is -2.01. The summed E-state index contributed by atoms with van der Waals surface area (Å²) < 4.78 is 108. The number of nitrogens with zero attached hydrogens (tertiary/aromatic N) is 3. The predicted octanol–water partition coefficient (Wildman–Crippen LogP) is 9.59. The third-order valence-corrected chi connectivity index (χ3v) is 6.77. The molecule has 4 heteroatoms. The number of rotatable bonds is 4. The minimum atomic E-state index is -0.545. The van der Waals surface area contributed by atoms with E-state index in [0.717, 1.165) is 0 Å². The highest BCUT2D eigenvalue weighted by atomic mass is 16.3. The number of para-hydroxylation sites is 1. The number of furan rings is 1. The molecule has 2 heterocycles. The molecule has 0 N–H and O–H groups in total. The van der Waals surface area contributed by atoms with Crippen LogP contribution in [-0.4, -0.2) is 15.0 Å². The molecule has 0 saturated carbocycles. The summed E-state index contributed by atoms with van der Waals surface area (Å²) in [4.78, 5) is 14.3. The van der Waals surface area contributed by atoms with Crippen molar-refractivity contribution in [3.05, 3.63) is 139 Å². The normalized spacial score (nSPS) is 15.5. The molecule has 0 atom stereocenters. The van der Waals surface area contributed by atoms with E-state index in [0.29, 0.717) is 27.5 Å². The Bertz CT molecular complexity index is 2850. The van der Waals surface area contributed by atoms with Crippen molar-refractivity contribution in [2.24, 2.45) is 0 Å². The summed E-state index contributed by atoms with van der Waals surface area (Å²) in [7, 11) is 0. The summed E-state index contributed by atoms with van der Waals surface area (Å²) in [6.45, 7) is 0. The van der Waals surface area contributed by atoms with Crippen molar-refractivity contribution in [3.8, 4) is 45.3 Å². The lowest BCUT2D eigenvalue weighted by Gasteiger charge is -2.12. The molecular formula is C37H23N3O. The van der Waals surface area contributed by atoms with Gasteiger partial charge in [0.25, 0.3) is 0 Å². The molecule has 0 radical (unpaired) electrons. The van der Waals surface area contributed by atoms with Crippen LogP contribution in [0, 0.1) is 0 Å². The van der Waals surface area contributed by atoms with E-state index in [1.807, 2.05) is 6.07 Å². The van der Waals surface area contributed by atoms with Crippen LogP contribution in [0.5, 0.6) is 0 Å². The quantitative estimate of drug-likeness (QED) is 0.224. The van der Waals surface area contributed by atoms with Crippen LogP contribution in [-0.2, 0) is 0 Å². The highest BCUT2D eigenvalue weighted by Gasteiger charge is 2.18. The van der Waals surface area contributed by atoms with E-state index in [2.05, 4.69) is 0 Å². The predicted molar refractivity (Wildman–Crippen MR) is 166 cm³/mol. The first-order valence-electron chi connectivity index (χ1n) is 18.6. The Morgan fingerprint density at radius 1 is 0.439 bits per heavy atom. The van der Waals surface area contributed by atoms with Gasteiger partial charge < -0.3 is 4.42 Å². The minimum absolute atomic E-state index is 0.0180. The summed E-state index contributed by atoms with van der Waals surface area (Å²) in [5.74, 6) is 0.167. The first kappa shape index (κ1) is 14.1. The van der Waals surface area contributed by atoms with E-state index < -0.39 is 60.4 Å². The summed E-state index contributed by atoms with van der Waals surface area (Å²) in [5.41, 5.74) is 0.891. The molecule has 0 aliphatic rings. The van der Waals surface area contributed by atoms with E-state index >= 15 is 0 Å². The second kappa shape index (κ2) is 9.54. The fourth-order valence-electron chi connectivity index (χ4n) is 4.96. The average molecular weight is 538 g/mol. The zero-order valence-corrected chi connectivity index (χ0v) is 21.1. The number of aromatic nitrogens is 3. The van der Waals surface area contributed by atoms with Crippen LogP contribution in [0.15, 0.2) is 144 Å². The molecule has 0 aliphatic heterocycles. The van der Waals surface area contributed by atoms with Gasteiger partial charge in [0, 0.05) is 27.5 Å². The van der Waals surface area contributed by atoms with Crippen molar-refractivity contribution >= 4 is 32.7 Å². The van der Waals surface area contributed by atoms with E-state index in [1.165, 1.54) is 0 Å². The molecule has 0 fully saturated rings. The SMILES string of the molecule is [2H]c1c([2H])c([2H])c(-c2cccc3c(-c4nc(-c5ccccc5)nc(-c5c([2H])c([2H])c([2H])c6oc7c([2H])c([2H])c([2H])c([2H])c7c56)n4)cccc23)c([2H])c1[2H]. The Hall–Kier alpha value is -5.61. The first-order valence-corrected chi connectivity index (χ1v) is 12.6. The van der Waals surface area contributed by atoms with Crippen LogP contribution in [0.2, 0.25) is 0 Å². The average Bonchev–Trinajstić information content (AvgIpc) is 3.57. The molecule has 41 heavy (non-hydrogen) atoms. The maximum atomic E-state index is 9.06. The Kier molecular flexibility index (Phi) is 3.29. The van der Waals surface area contributed by atoms with Crippen LogP contribution < -0.4 is 0 Å². The van der Waals surface area contributed by atoms with E-state index in [-0.39, 0.29) is 62.6 Å². The third-order valence-electron chi connectivity index (χ3n) is 6.77. The van der Waals surface area contributed by atoms with Gasteiger partial charge in [-0.1, -0.05) is 127 Å². The number of hydrogen-bond donors (Lipinski definition) is 0. The molecule has 0 unspecified atom stereocenters. The Balaban J connectivity index is 1.47. The van der Waals surface area contributed by atoms with Gasteiger partial charge in [-0.25, -0.2) is 15.0 Å². The van der Waals surface area contributed by atoms with Gasteiger partial charge in [0.2, 0.25) is 0 Å². The highest BCUT2D eigenvalue weighted by Crippen LogP contribution is 2.38. The monoisotopic (exact) mass is 537 g/mol. The van der Waals surface area contributed by atoms with Crippen LogP contribution in [0.4, 0.5) is 0 Å². The molecule has 6 aromatic carbocycles. The molecule has 4 nitrogen and oxygen atoms in total. The largest absolute Gasteiger partial charge is 0.456 e. The maximum absolute atomic E-state index is 9.06. The molecule has 192 valence electrons. The van der Waals surface area contributed by atoms with Gasteiger partial charge in [-0.15, -0.1) is 0 Å². The van der Waals surface area contributed by atoms with Crippen molar-refractivity contribution in [1.82, 2.24) is 15.0 Å². The zero-order valence-electron chi connectivity index (χ0n) is 33.1. The third kappa shape index (κ3) is 3.97. The van der Waals surface area contributed by atoms with E-state index in [1.54, 1.807) is 60.7 Å². The second-order valence-corrected chi connectivity index (χ2v) is 9.14. The number of hydrogen-bond acceptors (Lipinski definition) is 4. The molecule has 0 bridgehead atoms. The molecule has 0 saturated heterocycles. The summed E-state index contributed by atoms with van der Waals surface area (Å²) in [6, 6.07) is 13.6. The van der Waals surface area contributed by atoms with Gasteiger partial charge in [-0.3, -0.25) is 0 Å². The van der Waals surface area contributed by atoms with Crippen molar-refractivity contribution in [1.29, 1.82) is 0 Å². The van der Waals surface area contributed by atoms with E-state index in [4.69, 9.17) is 35.8 Å². The Morgan fingerprint density at radius 3 is 1.93 bits per heavy atom. The number of benzene rings is 6. The first-order chi connectivity index (χ1) is 25.3. The summed E-state index contributed by atoms with van der Waals surface area (Å²) in [6.07, 6.45) is 0. The fourth-order valence-corrected chi connectivity index (χ4v) is 4.96. The highest BCUT2D eigenvalue weighted by molar-refractivity contribution is 6.12. The lowest BCUT2D eigenvalue weighted by molar-refractivity contribution is 0.669. The molecule has 0 spiro atoms. The molecule has 0 aliphatic carbocycles. The van der Waals surface area contributed by atoms with Crippen molar-refractivity contribution in [2.45, 2.75) is 0 Å². The summed E-state index contributed by atoms with van der Waals surface area (Å²) >= 11 is 0. The topological polar surface area (TPSA) is 51.8 Å². The zero-order chi connectivity index (χ0) is 37.6. The van der Waals surface area contributed by atoms with Gasteiger partial charge in [0.1, 0.15) is 11.2 Å². The Labute approximate surface area is 253 Å². The molecule has 8 aromatic rings. The summed E-state index contributed by atoms with van der Waals surface area (Å²) in [5, 5.41) is 1.00. The van der Waals surface area contributed by atoms with Gasteiger partial charge >= 0.3 is 0 Å². The van der Waals surface area contributed by atoms with E-state index in [9.17, 15) is 0 Å². The molecule has 0 amide bonds. The molecule has 8 rings (SSSR count). The molecule has 2 aromatic heterocycles. The smallest absolute Gasteiger partial charge is 0.164 e. The van der Waals surface area contributed by atoms with Crippen molar-refractivity contribution in [2.75, 3.05) is 0 Å². The van der Waals surface area contributed by atoms with Gasteiger partial charge in [0.05, 0.1) is 16.4 Å². The second-order valence-electron chi connectivity index (χ2n) is 9.14. The van der Waals surface area contributed by atoms with Crippen LogP contribution in [0.25, 0.3) is 78.0 Å². The van der Waals surface area contributed by atoms with Crippen molar-refractivity contribution < 1.29 is 20.9 Å². The van der Waals surface area contributed by atoms with Gasteiger partial charge in [0.15, 0.2) is 17.5 Å². The van der Waals surface area contributed by atoms with Crippen LogP contribution >= 0.6 is 0 Å². The van der Waals surface area contributed by atoms with Crippen LogP contribution in [0.3, 0.4) is 0 Å². The maximum Gasteiger partial charge on any atom is 0.164 e. The van der Waals surface area contributed by atoms with Gasteiger partial charge in [-0.2, -0.15) is 0 Å². The molecular weight excluding hydrogens is 502 g/mol.